The predicted molar refractivity (Wildman–Crippen MR) is 131 cm³/mol. The number of β-amino-alcohol motifs (C(OH)–C–C–N with tert-alkyl or cyclic N) is 1. The van der Waals surface area contributed by atoms with E-state index in [-0.39, 0.29) is 17.0 Å². The number of aromatic nitrogens is 2. The SMILES string of the molecule is O=C(Nc1ccc(OC(F)(F)Cl)cc1)c1cnc(N2CCC(O)C2)c(NC(=O)c2cnc(Br)s2)c1. The van der Waals surface area contributed by atoms with Crippen molar-refractivity contribution in [1.29, 1.82) is 0 Å². The number of ether oxygens (including phenoxy) is 1. The Morgan fingerprint density at radius 1 is 1.20 bits per heavy atom. The zero-order valence-corrected chi connectivity index (χ0v) is 20.8. The van der Waals surface area contributed by atoms with E-state index in [4.69, 9.17) is 11.6 Å². The lowest BCUT2D eigenvalue weighted by Crippen LogP contribution is -2.25. The molecule has 3 aromatic rings. The highest BCUT2D eigenvalue weighted by molar-refractivity contribution is 9.11. The van der Waals surface area contributed by atoms with Gasteiger partial charge in [0.05, 0.1) is 23.6 Å². The third-order valence-electron chi connectivity index (χ3n) is 4.89. The molecule has 14 heteroatoms. The number of alkyl halides is 3. The molecule has 1 saturated heterocycles. The average molecular weight is 589 g/mol. The van der Waals surface area contributed by atoms with Gasteiger partial charge in [0.1, 0.15) is 10.6 Å². The Hall–Kier alpha value is -2.87. The second kappa shape index (κ2) is 10.4. The molecule has 1 unspecified atom stereocenters. The van der Waals surface area contributed by atoms with Crippen LogP contribution in [0.15, 0.2) is 46.6 Å². The number of nitrogens with one attached hydrogen (secondary N) is 2. The van der Waals surface area contributed by atoms with E-state index in [1.54, 1.807) is 0 Å². The van der Waals surface area contributed by atoms with Crippen molar-refractivity contribution in [2.24, 2.45) is 0 Å². The number of rotatable bonds is 7. The van der Waals surface area contributed by atoms with Gasteiger partial charge in [0.2, 0.25) is 0 Å². The summed E-state index contributed by atoms with van der Waals surface area (Å²) in [5, 5.41) is 15.3. The number of nitrogens with zero attached hydrogens (tertiary/aromatic N) is 3. The molecule has 0 aliphatic carbocycles. The van der Waals surface area contributed by atoms with Gasteiger partial charge in [-0.2, -0.15) is 0 Å². The maximum atomic E-state index is 12.8. The smallest absolute Gasteiger partial charge is 0.420 e. The zero-order valence-electron chi connectivity index (χ0n) is 17.7. The summed E-state index contributed by atoms with van der Waals surface area (Å²) in [6.07, 6.45) is 2.79. The number of thiazole rings is 1. The van der Waals surface area contributed by atoms with Crippen LogP contribution in [-0.2, 0) is 0 Å². The van der Waals surface area contributed by atoms with Crippen LogP contribution < -0.4 is 20.3 Å². The second-order valence-corrected chi connectivity index (χ2v) is 10.2. The Bertz CT molecular complexity index is 1240. The van der Waals surface area contributed by atoms with Crippen LogP contribution in [0.5, 0.6) is 5.75 Å². The number of halogens is 4. The summed E-state index contributed by atoms with van der Waals surface area (Å²) in [4.78, 5) is 36.1. The number of carbonyl (C=O) groups excluding carboxylic acids is 2. The van der Waals surface area contributed by atoms with Gasteiger partial charge in [-0.15, -0.1) is 20.1 Å². The van der Waals surface area contributed by atoms with Crippen molar-refractivity contribution in [2.75, 3.05) is 28.6 Å². The van der Waals surface area contributed by atoms with Crippen molar-refractivity contribution in [3.63, 3.8) is 0 Å². The van der Waals surface area contributed by atoms with Crippen LogP contribution in [0.3, 0.4) is 0 Å². The summed E-state index contributed by atoms with van der Waals surface area (Å²) in [5.74, 6) is -0.738. The van der Waals surface area contributed by atoms with E-state index in [9.17, 15) is 23.5 Å². The second-order valence-electron chi connectivity index (χ2n) is 7.44. The normalized spacial score (nSPS) is 15.7. The molecule has 184 valence electrons. The van der Waals surface area contributed by atoms with Crippen LogP contribution in [0.4, 0.5) is 26.0 Å². The van der Waals surface area contributed by atoms with Gasteiger partial charge in [0.15, 0.2) is 9.73 Å². The average Bonchev–Trinajstić information content (AvgIpc) is 3.42. The molecule has 0 bridgehead atoms. The molecule has 1 aromatic carbocycles. The van der Waals surface area contributed by atoms with Crippen LogP contribution in [0.1, 0.15) is 26.5 Å². The molecule has 3 N–H and O–H groups in total. The van der Waals surface area contributed by atoms with Crippen LogP contribution >= 0.6 is 38.9 Å². The van der Waals surface area contributed by atoms with Crippen LogP contribution in [0, 0.1) is 0 Å². The summed E-state index contributed by atoms with van der Waals surface area (Å²) in [6.45, 7) is 0.869. The van der Waals surface area contributed by atoms with E-state index in [0.717, 1.165) is 11.3 Å². The molecule has 9 nitrogen and oxygen atoms in total. The van der Waals surface area contributed by atoms with E-state index >= 15 is 0 Å². The van der Waals surface area contributed by atoms with Crippen molar-refractivity contribution in [1.82, 2.24) is 9.97 Å². The third kappa shape index (κ3) is 6.63. The molecule has 3 heterocycles. The van der Waals surface area contributed by atoms with Crippen molar-refractivity contribution in [3.05, 3.63) is 57.1 Å². The van der Waals surface area contributed by atoms with Gasteiger partial charge in [0, 0.05) is 36.6 Å². The summed E-state index contributed by atoms with van der Waals surface area (Å²) in [5.41, 5.74) is -3.11. The van der Waals surface area contributed by atoms with Crippen LogP contribution in [0.2, 0.25) is 0 Å². The molecule has 1 atom stereocenters. The number of carbonyl (C=O) groups is 2. The van der Waals surface area contributed by atoms with E-state index in [1.165, 1.54) is 42.7 Å². The summed E-state index contributed by atoms with van der Waals surface area (Å²) < 4.78 is 30.3. The maximum Gasteiger partial charge on any atom is 0.487 e. The Labute approximate surface area is 215 Å². The molecule has 35 heavy (non-hydrogen) atoms. The Morgan fingerprint density at radius 3 is 2.54 bits per heavy atom. The van der Waals surface area contributed by atoms with Gasteiger partial charge in [-0.05, 0) is 52.7 Å². The lowest BCUT2D eigenvalue weighted by Gasteiger charge is -2.21. The molecule has 0 spiro atoms. The molecule has 1 fully saturated rings. The minimum atomic E-state index is -3.85. The number of hydrogen-bond donors (Lipinski definition) is 3. The molecular formula is C21H17BrClF2N5O4S. The fourth-order valence-corrected chi connectivity index (χ4v) is 4.60. The van der Waals surface area contributed by atoms with Gasteiger partial charge in [-0.1, -0.05) is 0 Å². The van der Waals surface area contributed by atoms with E-state index in [0.29, 0.717) is 39.8 Å². The fraction of sp³-hybridized carbons (Fsp3) is 0.238. The van der Waals surface area contributed by atoms with Gasteiger partial charge >= 0.3 is 5.57 Å². The highest BCUT2D eigenvalue weighted by Gasteiger charge is 2.28. The molecule has 1 aliphatic heterocycles. The van der Waals surface area contributed by atoms with Crippen LogP contribution in [-0.4, -0.2) is 51.7 Å². The Morgan fingerprint density at radius 2 is 1.94 bits per heavy atom. The quantitative estimate of drug-likeness (QED) is 0.347. The molecule has 1 aliphatic rings. The molecule has 4 rings (SSSR count). The highest BCUT2D eigenvalue weighted by Crippen LogP contribution is 2.30. The number of hydrogen-bond acceptors (Lipinski definition) is 8. The Kier molecular flexibility index (Phi) is 7.50. The standard InChI is InChI=1S/C21H17BrClF2N5O4S/c22-20-27-9-16(35-20)19(33)29-15-7-11(8-26-17(15)30-6-5-13(31)10-30)18(32)28-12-1-3-14(4-2-12)34-21(23,24)25/h1-4,7-9,13,31H,5-6,10H2,(H,28,32)(H,29,33). The largest absolute Gasteiger partial charge is 0.487 e. The minimum absolute atomic E-state index is 0.141. The lowest BCUT2D eigenvalue weighted by atomic mass is 10.2. The first kappa shape index (κ1) is 25.2. The molecule has 0 saturated carbocycles. The third-order valence-corrected chi connectivity index (χ3v) is 6.44. The topological polar surface area (TPSA) is 117 Å². The maximum absolute atomic E-state index is 12.8. The number of anilines is 3. The summed E-state index contributed by atoms with van der Waals surface area (Å²) in [7, 11) is 0. The first-order valence-electron chi connectivity index (χ1n) is 10.1. The molecule has 0 radical (unpaired) electrons. The van der Waals surface area contributed by atoms with E-state index < -0.39 is 23.5 Å². The van der Waals surface area contributed by atoms with Gasteiger partial charge < -0.3 is 25.4 Å². The minimum Gasteiger partial charge on any atom is -0.420 e. The monoisotopic (exact) mass is 587 g/mol. The highest BCUT2D eigenvalue weighted by atomic mass is 79.9. The van der Waals surface area contributed by atoms with Crippen molar-refractivity contribution < 1.29 is 28.2 Å². The summed E-state index contributed by atoms with van der Waals surface area (Å²) >= 11 is 9.11. The van der Waals surface area contributed by atoms with Crippen LogP contribution in [0.25, 0.3) is 0 Å². The lowest BCUT2D eigenvalue weighted by molar-refractivity contribution is -0.0964. The first-order valence-corrected chi connectivity index (χ1v) is 12.1. The van der Waals surface area contributed by atoms with Crippen molar-refractivity contribution in [2.45, 2.75) is 18.1 Å². The number of pyridine rings is 1. The van der Waals surface area contributed by atoms with E-state index in [1.807, 2.05) is 4.90 Å². The van der Waals surface area contributed by atoms with Gasteiger partial charge in [-0.3, -0.25) is 9.59 Å². The van der Waals surface area contributed by atoms with Gasteiger partial charge in [0.25, 0.3) is 11.8 Å². The van der Waals surface area contributed by atoms with Crippen molar-refractivity contribution in [3.8, 4) is 5.75 Å². The number of benzene rings is 1. The zero-order chi connectivity index (χ0) is 25.2. The molecular weight excluding hydrogens is 572 g/mol. The van der Waals surface area contributed by atoms with Gasteiger partial charge in [-0.25, -0.2) is 9.97 Å². The molecule has 2 aromatic heterocycles. The number of aliphatic hydroxyl groups is 1. The fourth-order valence-electron chi connectivity index (χ4n) is 3.34. The molecule has 2 amide bonds. The first-order chi connectivity index (χ1) is 16.6. The predicted octanol–water partition coefficient (Wildman–Crippen LogP) is 4.54. The van der Waals surface area contributed by atoms with Crippen molar-refractivity contribution >= 4 is 67.9 Å². The number of amides is 2. The summed E-state index contributed by atoms with van der Waals surface area (Å²) in [6, 6.07) is 6.67. The number of aliphatic hydroxyl groups excluding tert-OH is 1. The Balaban J connectivity index is 1.55. The van der Waals surface area contributed by atoms with E-state index in [2.05, 4.69) is 41.3 Å².